The molecule has 0 N–H and O–H groups in total. The number of sulfonamides is 1. The molecule has 12 heteroatoms. The van der Waals surface area contributed by atoms with Crippen molar-refractivity contribution in [1.82, 2.24) is 14.4 Å². The van der Waals surface area contributed by atoms with Crippen molar-refractivity contribution in [2.45, 2.75) is 23.7 Å². The van der Waals surface area contributed by atoms with E-state index in [-0.39, 0.29) is 10.8 Å². The quantitative estimate of drug-likeness (QED) is 0.251. The van der Waals surface area contributed by atoms with Crippen LogP contribution >= 0.6 is 34.5 Å². The van der Waals surface area contributed by atoms with Gasteiger partial charge in [-0.05, 0) is 37.1 Å². The monoisotopic (exact) mass is 579 g/mol. The van der Waals surface area contributed by atoms with E-state index in [9.17, 15) is 8.42 Å². The van der Waals surface area contributed by atoms with Crippen molar-refractivity contribution in [1.29, 1.82) is 0 Å². The van der Waals surface area contributed by atoms with Gasteiger partial charge in [-0.1, -0.05) is 34.4 Å². The van der Waals surface area contributed by atoms with Crippen LogP contribution in [0.2, 0.25) is 10.0 Å². The topological polar surface area (TPSA) is 94.8 Å². The van der Waals surface area contributed by atoms with Crippen molar-refractivity contribution in [2.24, 2.45) is 0 Å². The Bertz CT molecular complexity index is 1530. The van der Waals surface area contributed by atoms with E-state index < -0.39 is 10.0 Å². The third-order valence-electron chi connectivity index (χ3n) is 6.29. The maximum absolute atomic E-state index is 13.4. The van der Waals surface area contributed by atoms with Crippen LogP contribution in [0.1, 0.15) is 23.8 Å². The molecule has 1 aliphatic heterocycles. The number of halogens is 2. The average Bonchev–Trinajstić information content (AvgIpc) is 3.60. The number of thiazole rings is 1. The highest BCUT2D eigenvalue weighted by Gasteiger charge is 2.33. The summed E-state index contributed by atoms with van der Waals surface area (Å²) in [6, 6.07) is 11.9. The molecule has 2 aromatic heterocycles. The minimum Gasteiger partial charge on any atom is -0.497 e. The first-order chi connectivity index (χ1) is 17.8. The highest BCUT2D eigenvalue weighted by atomic mass is 35.5. The van der Waals surface area contributed by atoms with E-state index >= 15 is 0 Å². The summed E-state index contributed by atoms with van der Waals surface area (Å²) >= 11 is 13.7. The molecule has 37 heavy (non-hydrogen) atoms. The molecule has 0 bridgehead atoms. The van der Waals surface area contributed by atoms with Gasteiger partial charge in [-0.15, -0.1) is 11.3 Å². The molecule has 3 heterocycles. The lowest BCUT2D eigenvalue weighted by molar-refractivity contribution is 0.316. The number of ether oxygens (including phenoxy) is 2. The molecule has 5 rings (SSSR count). The van der Waals surface area contributed by atoms with Crippen molar-refractivity contribution in [3.8, 4) is 34.2 Å². The fourth-order valence-corrected chi connectivity index (χ4v) is 7.16. The molecule has 0 amide bonds. The summed E-state index contributed by atoms with van der Waals surface area (Å²) in [5.74, 6) is 1.45. The number of benzene rings is 2. The van der Waals surface area contributed by atoms with Crippen LogP contribution in [-0.4, -0.2) is 50.2 Å². The van der Waals surface area contributed by atoms with Gasteiger partial charge in [0.1, 0.15) is 27.8 Å². The van der Waals surface area contributed by atoms with Crippen molar-refractivity contribution in [2.75, 3.05) is 27.3 Å². The van der Waals surface area contributed by atoms with Gasteiger partial charge in [0.25, 0.3) is 0 Å². The first kappa shape index (κ1) is 26.0. The zero-order valence-electron chi connectivity index (χ0n) is 20.0. The molecule has 4 aromatic rings. The van der Waals surface area contributed by atoms with E-state index in [2.05, 4.69) is 5.16 Å². The maximum atomic E-state index is 13.4. The number of nitrogens with zero attached hydrogens (tertiary/aromatic N) is 3. The van der Waals surface area contributed by atoms with Gasteiger partial charge in [-0.2, -0.15) is 4.31 Å². The molecule has 2 aromatic carbocycles. The second kappa shape index (κ2) is 10.6. The summed E-state index contributed by atoms with van der Waals surface area (Å²) in [7, 11) is -0.787. The fraction of sp³-hybridized carbons (Fsp3) is 0.280. The summed E-state index contributed by atoms with van der Waals surface area (Å²) in [6.07, 6.45) is 1.31. The summed E-state index contributed by atoms with van der Waals surface area (Å²) in [6.45, 7) is 0.762. The molecular weight excluding hydrogens is 557 g/mol. The Hall–Kier alpha value is -2.63. The van der Waals surface area contributed by atoms with Crippen LogP contribution in [-0.2, 0) is 10.0 Å². The van der Waals surface area contributed by atoms with Gasteiger partial charge in [0.15, 0.2) is 5.76 Å². The Labute approximate surface area is 228 Å². The van der Waals surface area contributed by atoms with E-state index in [0.29, 0.717) is 64.6 Å². The Morgan fingerprint density at radius 1 is 1.00 bits per heavy atom. The molecule has 0 radical (unpaired) electrons. The standard InChI is InChI=1S/C25H23Cl2N3O5S2/c1-33-17-4-6-22(34-2)24(12-17)37(31,32)30-9-7-15(8-10-30)25-28-21(14-36-25)23-13-20(29-35-23)16-3-5-18(26)19(27)11-16/h3-6,11-15H,7-10H2,1-2H3. The van der Waals surface area contributed by atoms with Crippen LogP contribution in [0.5, 0.6) is 11.5 Å². The van der Waals surface area contributed by atoms with Crippen LogP contribution < -0.4 is 9.47 Å². The van der Waals surface area contributed by atoms with Crippen molar-refractivity contribution >= 4 is 44.6 Å². The summed E-state index contributed by atoms with van der Waals surface area (Å²) in [4.78, 5) is 4.88. The number of methoxy groups -OCH3 is 2. The SMILES string of the molecule is COc1ccc(OC)c(S(=O)(=O)N2CCC(c3nc(-c4cc(-c5ccc(Cl)c(Cl)c5)no4)cs3)CC2)c1. The third-order valence-corrected chi connectivity index (χ3v) is 9.96. The second-order valence-corrected chi connectivity index (χ2v) is 12.1. The molecule has 194 valence electrons. The molecule has 1 saturated heterocycles. The third kappa shape index (κ3) is 5.21. The lowest BCUT2D eigenvalue weighted by Gasteiger charge is -2.30. The van der Waals surface area contributed by atoms with Crippen molar-refractivity contribution in [3.63, 3.8) is 0 Å². The maximum Gasteiger partial charge on any atom is 0.246 e. The Balaban J connectivity index is 1.28. The number of piperidine rings is 1. The van der Waals surface area contributed by atoms with E-state index in [1.165, 1.54) is 35.9 Å². The molecule has 1 aliphatic rings. The number of aromatic nitrogens is 2. The minimum absolute atomic E-state index is 0.104. The van der Waals surface area contributed by atoms with Gasteiger partial charge < -0.3 is 14.0 Å². The van der Waals surface area contributed by atoms with Crippen LogP contribution in [0, 0.1) is 0 Å². The summed E-state index contributed by atoms with van der Waals surface area (Å²) < 4.78 is 44.3. The molecule has 0 spiro atoms. The molecule has 0 aliphatic carbocycles. The molecular formula is C25H23Cl2N3O5S2. The van der Waals surface area contributed by atoms with Gasteiger partial charge in [0, 0.05) is 42.1 Å². The van der Waals surface area contributed by atoms with Crippen LogP contribution in [0.3, 0.4) is 0 Å². The van der Waals surface area contributed by atoms with Gasteiger partial charge in [0.2, 0.25) is 10.0 Å². The van der Waals surface area contributed by atoms with E-state index in [1.807, 2.05) is 17.5 Å². The minimum atomic E-state index is -3.74. The van der Waals surface area contributed by atoms with E-state index in [1.54, 1.807) is 24.3 Å². The van der Waals surface area contributed by atoms with Crippen LogP contribution in [0.15, 0.2) is 57.3 Å². The lowest BCUT2D eigenvalue weighted by atomic mass is 9.99. The Kier molecular flexibility index (Phi) is 7.46. The molecule has 0 unspecified atom stereocenters. The predicted molar refractivity (Wildman–Crippen MR) is 143 cm³/mol. The molecule has 1 fully saturated rings. The first-order valence-corrected chi connectivity index (χ1v) is 14.5. The van der Waals surface area contributed by atoms with Crippen LogP contribution in [0.4, 0.5) is 0 Å². The molecule has 0 atom stereocenters. The number of rotatable bonds is 7. The van der Waals surface area contributed by atoms with Gasteiger partial charge in [-0.25, -0.2) is 13.4 Å². The molecule has 0 saturated carbocycles. The average molecular weight is 581 g/mol. The van der Waals surface area contributed by atoms with Gasteiger partial charge >= 0.3 is 0 Å². The smallest absolute Gasteiger partial charge is 0.246 e. The lowest BCUT2D eigenvalue weighted by Crippen LogP contribution is -2.38. The Morgan fingerprint density at radius 2 is 1.78 bits per heavy atom. The molecule has 8 nitrogen and oxygen atoms in total. The first-order valence-electron chi connectivity index (χ1n) is 11.4. The number of hydrogen-bond acceptors (Lipinski definition) is 8. The zero-order valence-corrected chi connectivity index (χ0v) is 23.1. The number of hydrogen-bond donors (Lipinski definition) is 0. The van der Waals surface area contributed by atoms with Crippen molar-refractivity contribution < 1.29 is 22.4 Å². The summed E-state index contributed by atoms with van der Waals surface area (Å²) in [5.41, 5.74) is 2.12. The van der Waals surface area contributed by atoms with Crippen molar-refractivity contribution in [3.05, 3.63) is 62.9 Å². The van der Waals surface area contributed by atoms with E-state index in [0.717, 1.165) is 10.6 Å². The largest absolute Gasteiger partial charge is 0.497 e. The second-order valence-electron chi connectivity index (χ2n) is 8.47. The van der Waals surface area contributed by atoms with Gasteiger partial charge in [0.05, 0.1) is 29.3 Å². The Morgan fingerprint density at radius 3 is 2.49 bits per heavy atom. The highest BCUT2D eigenvalue weighted by molar-refractivity contribution is 7.89. The van der Waals surface area contributed by atoms with E-state index in [4.69, 9.17) is 42.2 Å². The normalized spacial score (nSPS) is 15.1. The van der Waals surface area contributed by atoms with Gasteiger partial charge in [-0.3, -0.25) is 0 Å². The zero-order chi connectivity index (χ0) is 26.2. The fourth-order valence-electron chi connectivity index (χ4n) is 4.24. The summed E-state index contributed by atoms with van der Waals surface area (Å²) in [5, 5.41) is 7.93. The highest BCUT2D eigenvalue weighted by Crippen LogP contribution is 2.37. The predicted octanol–water partition coefficient (Wildman–Crippen LogP) is 6.36. The van der Waals surface area contributed by atoms with Crippen LogP contribution in [0.25, 0.3) is 22.7 Å².